The van der Waals surface area contributed by atoms with E-state index in [9.17, 15) is 0 Å². The Kier molecular flexibility index (Phi) is 6.31. The maximum absolute atomic E-state index is 6.63. The van der Waals surface area contributed by atoms with Crippen LogP contribution < -0.4 is 5.73 Å². The largest absolute Gasteiger partial charge is 0.322 e. The van der Waals surface area contributed by atoms with E-state index >= 15 is 0 Å². The molecule has 0 fully saturated rings. The first-order valence-corrected chi connectivity index (χ1v) is 8.48. The molecule has 0 radical (unpaired) electrons. The second-order valence-corrected chi connectivity index (χ2v) is 6.40. The summed E-state index contributed by atoms with van der Waals surface area (Å²) in [7, 11) is 0. The monoisotopic (exact) mass is 332 g/mol. The number of nitrogens with zero attached hydrogens (tertiary/aromatic N) is 1. The van der Waals surface area contributed by atoms with Gasteiger partial charge in [-0.25, -0.2) is 0 Å². The van der Waals surface area contributed by atoms with E-state index in [2.05, 4.69) is 60.0 Å². The molecule has 1 unspecified atom stereocenters. The fourth-order valence-electron chi connectivity index (χ4n) is 2.96. The quantitative estimate of drug-likeness (QED) is 0.801. The van der Waals surface area contributed by atoms with Crippen molar-refractivity contribution in [2.24, 2.45) is 5.73 Å². The van der Waals surface area contributed by atoms with E-state index in [1.807, 2.05) is 0 Å². The molecule has 0 aliphatic heterocycles. The zero-order valence-corrected chi connectivity index (χ0v) is 14.3. The Balaban J connectivity index is 3.15. The first kappa shape index (κ1) is 16.2. The lowest BCUT2D eigenvalue weighted by Gasteiger charge is -2.46. The number of rotatable bonds is 7. The minimum atomic E-state index is 0.0663. The van der Waals surface area contributed by atoms with Crippen molar-refractivity contribution >= 4 is 27.3 Å². The maximum atomic E-state index is 6.63. The van der Waals surface area contributed by atoms with Gasteiger partial charge in [0.2, 0.25) is 0 Å². The van der Waals surface area contributed by atoms with E-state index in [4.69, 9.17) is 5.73 Å². The third-order valence-corrected chi connectivity index (χ3v) is 6.08. The van der Waals surface area contributed by atoms with Crippen LogP contribution in [0.1, 0.15) is 51.5 Å². The van der Waals surface area contributed by atoms with Crippen LogP contribution in [0.4, 0.5) is 0 Å². The fourth-order valence-corrected chi connectivity index (χ4v) is 4.69. The summed E-state index contributed by atoms with van der Waals surface area (Å²) in [6.07, 6.45) is 2.16. The average Bonchev–Trinajstić information content (AvgIpc) is 2.81. The third kappa shape index (κ3) is 2.82. The third-order valence-electron chi connectivity index (χ3n) is 4.12. The van der Waals surface area contributed by atoms with Gasteiger partial charge in [0.25, 0.3) is 0 Å². The summed E-state index contributed by atoms with van der Waals surface area (Å²) in [6.45, 7) is 11.1. The van der Waals surface area contributed by atoms with Crippen molar-refractivity contribution in [1.82, 2.24) is 4.90 Å². The highest BCUT2D eigenvalue weighted by atomic mass is 79.9. The summed E-state index contributed by atoms with van der Waals surface area (Å²) in [5.41, 5.74) is 6.70. The predicted octanol–water partition coefficient (Wildman–Crippen LogP) is 4.41. The van der Waals surface area contributed by atoms with E-state index in [0.717, 1.165) is 30.4 Å². The van der Waals surface area contributed by atoms with Crippen molar-refractivity contribution in [3.8, 4) is 0 Å². The standard InChI is InChI=1S/C14H25BrN2S/c1-5-14(6-2,17(7-3)8-4)13(16)12-11(15)9-10-18-12/h9-10,13H,5-8,16H2,1-4H3. The van der Waals surface area contributed by atoms with Gasteiger partial charge >= 0.3 is 0 Å². The second kappa shape index (κ2) is 7.04. The molecule has 4 heteroatoms. The van der Waals surface area contributed by atoms with Crippen molar-refractivity contribution in [3.63, 3.8) is 0 Å². The van der Waals surface area contributed by atoms with Gasteiger partial charge in [-0.05, 0) is 53.3 Å². The minimum absolute atomic E-state index is 0.0663. The molecule has 0 aromatic carbocycles. The molecule has 0 aliphatic rings. The van der Waals surface area contributed by atoms with Crippen LogP contribution in [0.15, 0.2) is 15.9 Å². The molecule has 1 aromatic heterocycles. The Morgan fingerprint density at radius 1 is 1.28 bits per heavy atom. The van der Waals surface area contributed by atoms with Crippen molar-refractivity contribution in [2.75, 3.05) is 13.1 Å². The molecule has 0 amide bonds. The molecule has 2 nitrogen and oxygen atoms in total. The normalized spacial score (nSPS) is 14.2. The van der Waals surface area contributed by atoms with Crippen molar-refractivity contribution < 1.29 is 0 Å². The summed E-state index contributed by atoms with van der Waals surface area (Å²) in [5, 5.41) is 2.11. The van der Waals surface area contributed by atoms with Crippen LogP contribution in [-0.4, -0.2) is 23.5 Å². The van der Waals surface area contributed by atoms with Gasteiger partial charge in [-0.15, -0.1) is 11.3 Å². The van der Waals surface area contributed by atoms with Gasteiger partial charge in [-0.2, -0.15) is 0 Å². The summed E-state index contributed by atoms with van der Waals surface area (Å²) in [6, 6.07) is 2.17. The van der Waals surface area contributed by atoms with Gasteiger partial charge in [-0.1, -0.05) is 27.7 Å². The van der Waals surface area contributed by atoms with Crippen LogP contribution >= 0.6 is 27.3 Å². The maximum Gasteiger partial charge on any atom is 0.0588 e. The van der Waals surface area contributed by atoms with Gasteiger partial charge in [0.05, 0.1) is 6.04 Å². The van der Waals surface area contributed by atoms with E-state index in [1.54, 1.807) is 11.3 Å². The molecule has 1 atom stereocenters. The Bertz CT molecular complexity index is 356. The topological polar surface area (TPSA) is 29.3 Å². The molecular formula is C14H25BrN2S. The van der Waals surface area contributed by atoms with Crippen LogP contribution in [0.3, 0.4) is 0 Å². The Labute approximate surface area is 124 Å². The van der Waals surface area contributed by atoms with Gasteiger partial charge in [0, 0.05) is 14.9 Å². The molecule has 1 heterocycles. The molecule has 0 spiro atoms. The lowest BCUT2D eigenvalue weighted by Crippen LogP contribution is -2.54. The van der Waals surface area contributed by atoms with Gasteiger partial charge in [0.15, 0.2) is 0 Å². The molecule has 0 aliphatic carbocycles. The molecule has 104 valence electrons. The first-order valence-electron chi connectivity index (χ1n) is 6.80. The second-order valence-electron chi connectivity index (χ2n) is 4.59. The summed E-state index contributed by atoms with van der Waals surface area (Å²) < 4.78 is 1.15. The number of likely N-dealkylation sites (N-methyl/N-ethyl adjacent to an activating group) is 1. The summed E-state index contributed by atoms with van der Waals surface area (Å²) >= 11 is 5.38. The molecule has 0 bridgehead atoms. The molecule has 0 saturated carbocycles. The highest BCUT2D eigenvalue weighted by Crippen LogP contribution is 2.40. The van der Waals surface area contributed by atoms with Crippen molar-refractivity contribution in [3.05, 3.63) is 20.8 Å². The fraction of sp³-hybridized carbons (Fsp3) is 0.714. The van der Waals surface area contributed by atoms with E-state index in [-0.39, 0.29) is 11.6 Å². The Morgan fingerprint density at radius 2 is 1.83 bits per heavy atom. The van der Waals surface area contributed by atoms with Crippen molar-refractivity contribution in [1.29, 1.82) is 0 Å². The number of hydrogen-bond acceptors (Lipinski definition) is 3. The lowest BCUT2D eigenvalue weighted by molar-refractivity contribution is 0.0634. The zero-order valence-electron chi connectivity index (χ0n) is 11.9. The number of nitrogens with two attached hydrogens (primary N) is 1. The predicted molar refractivity (Wildman–Crippen MR) is 85.2 cm³/mol. The first-order chi connectivity index (χ1) is 8.57. The SMILES string of the molecule is CCN(CC)C(CC)(CC)C(N)c1sccc1Br. The number of halogens is 1. The van der Waals surface area contributed by atoms with Crippen LogP contribution in [0.2, 0.25) is 0 Å². The van der Waals surface area contributed by atoms with Crippen LogP contribution in [0.5, 0.6) is 0 Å². The summed E-state index contributed by atoms with van der Waals surface area (Å²) in [4.78, 5) is 3.79. The van der Waals surface area contributed by atoms with Crippen molar-refractivity contribution in [2.45, 2.75) is 52.1 Å². The van der Waals surface area contributed by atoms with E-state index < -0.39 is 0 Å². The average molecular weight is 333 g/mol. The van der Waals surface area contributed by atoms with Gasteiger partial charge in [-0.3, -0.25) is 4.90 Å². The van der Waals surface area contributed by atoms with Crippen LogP contribution in [-0.2, 0) is 0 Å². The molecule has 1 aromatic rings. The highest BCUT2D eigenvalue weighted by molar-refractivity contribution is 9.10. The minimum Gasteiger partial charge on any atom is -0.322 e. The molecular weight excluding hydrogens is 308 g/mol. The van der Waals surface area contributed by atoms with E-state index in [1.165, 1.54) is 4.88 Å². The molecule has 18 heavy (non-hydrogen) atoms. The smallest absolute Gasteiger partial charge is 0.0588 e. The highest BCUT2D eigenvalue weighted by Gasteiger charge is 2.39. The number of hydrogen-bond donors (Lipinski definition) is 1. The van der Waals surface area contributed by atoms with Gasteiger partial charge in [0.1, 0.15) is 0 Å². The molecule has 2 N–H and O–H groups in total. The Morgan fingerprint density at radius 3 is 2.17 bits per heavy atom. The Hall–Kier alpha value is 0.100. The molecule has 0 saturated heterocycles. The summed E-state index contributed by atoms with van der Waals surface area (Å²) in [5.74, 6) is 0. The molecule has 1 rings (SSSR count). The van der Waals surface area contributed by atoms with Gasteiger partial charge < -0.3 is 5.73 Å². The number of thiophene rings is 1. The zero-order chi connectivity index (χ0) is 13.8. The van der Waals surface area contributed by atoms with Crippen LogP contribution in [0, 0.1) is 0 Å². The van der Waals surface area contributed by atoms with E-state index in [0.29, 0.717) is 0 Å². The lowest BCUT2D eigenvalue weighted by atomic mass is 9.82. The van der Waals surface area contributed by atoms with Crippen LogP contribution in [0.25, 0.3) is 0 Å².